The molecule has 0 unspecified atom stereocenters. The van der Waals surface area contributed by atoms with E-state index in [1.165, 1.54) is 18.5 Å². The number of aromatic nitrogens is 1. The molecule has 1 aromatic carbocycles. The molecular weight excluding hydrogens is 333 g/mol. The largest absolute Gasteiger partial charge is 0.398 e. The van der Waals surface area contributed by atoms with Crippen LogP contribution < -0.4 is 10.5 Å². The molecule has 1 heterocycles. The first-order valence-electron chi connectivity index (χ1n) is 6.03. The number of nitrogen functional groups attached to an aromatic ring is 1. The maximum Gasteiger partial charge on any atom is 0.244 e. The molecule has 0 atom stereocenters. The van der Waals surface area contributed by atoms with Gasteiger partial charge in [0, 0.05) is 29.0 Å². The Morgan fingerprint density at radius 3 is 2.67 bits per heavy atom. The van der Waals surface area contributed by atoms with E-state index in [2.05, 4.69) is 9.71 Å². The summed E-state index contributed by atoms with van der Waals surface area (Å²) in [5.41, 5.74) is 6.60. The first-order chi connectivity index (χ1) is 9.90. The number of anilines is 1. The summed E-state index contributed by atoms with van der Waals surface area (Å²) in [5, 5.41) is 1.04. The lowest BCUT2D eigenvalue weighted by molar-refractivity contribution is 0.581. The maximum atomic E-state index is 12.1. The minimum atomic E-state index is -3.69. The number of halogens is 2. The SMILES string of the molecule is Nc1ccncc1S(=O)(=O)NCCc1ccc(Cl)cc1Cl. The highest BCUT2D eigenvalue weighted by atomic mass is 35.5. The van der Waals surface area contributed by atoms with Gasteiger partial charge in [0.15, 0.2) is 0 Å². The second-order valence-corrected chi connectivity index (χ2v) is 6.88. The molecule has 2 rings (SSSR count). The summed E-state index contributed by atoms with van der Waals surface area (Å²) in [6, 6.07) is 6.52. The molecular formula is C13H13Cl2N3O2S. The van der Waals surface area contributed by atoms with Gasteiger partial charge in [-0.05, 0) is 30.2 Å². The Labute approximate surface area is 133 Å². The third-order valence-corrected chi connectivity index (χ3v) is 4.90. The smallest absolute Gasteiger partial charge is 0.244 e. The number of benzene rings is 1. The standard InChI is InChI=1S/C13H13Cl2N3O2S/c14-10-2-1-9(11(15)7-10)3-6-18-21(19,20)13-8-17-5-4-12(13)16/h1-2,4-5,7-8,18H,3,6H2,(H2,16,17). The van der Waals surface area contributed by atoms with Crippen LogP contribution in [-0.4, -0.2) is 19.9 Å². The van der Waals surface area contributed by atoms with Gasteiger partial charge in [-0.2, -0.15) is 0 Å². The van der Waals surface area contributed by atoms with Gasteiger partial charge in [0.25, 0.3) is 0 Å². The van der Waals surface area contributed by atoms with Crippen LogP contribution in [0.2, 0.25) is 10.0 Å². The average Bonchev–Trinajstić information content (AvgIpc) is 2.41. The van der Waals surface area contributed by atoms with Crippen molar-refractivity contribution < 1.29 is 8.42 Å². The molecule has 0 amide bonds. The highest BCUT2D eigenvalue weighted by Crippen LogP contribution is 2.21. The molecule has 112 valence electrons. The van der Waals surface area contributed by atoms with Gasteiger partial charge < -0.3 is 5.73 Å². The molecule has 21 heavy (non-hydrogen) atoms. The van der Waals surface area contributed by atoms with E-state index < -0.39 is 10.0 Å². The predicted molar refractivity (Wildman–Crippen MR) is 84.0 cm³/mol. The van der Waals surface area contributed by atoms with Crippen molar-refractivity contribution in [2.75, 3.05) is 12.3 Å². The van der Waals surface area contributed by atoms with E-state index in [1.807, 2.05) is 0 Å². The Balaban J connectivity index is 2.04. The average molecular weight is 346 g/mol. The molecule has 0 bridgehead atoms. The van der Waals surface area contributed by atoms with Crippen LogP contribution in [0.3, 0.4) is 0 Å². The fraction of sp³-hybridized carbons (Fsp3) is 0.154. The van der Waals surface area contributed by atoms with Crippen molar-refractivity contribution in [1.29, 1.82) is 0 Å². The van der Waals surface area contributed by atoms with Crippen LogP contribution in [-0.2, 0) is 16.4 Å². The highest BCUT2D eigenvalue weighted by Gasteiger charge is 2.17. The zero-order chi connectivity index (χ0) is 15.5. The number of sulfonamides is 1. The van der Waals surface area contributed by atoms with E-state index in [1.54, 1.807) is 18.2 Å². The van der Waals surface area contributed by atoms with Crippen LogP contribution in [0, 0.1) is 0 Å². The summed E-state index contributed by atoms with van der Waals surface area (Å²) in [6.07, 6.45) is 3.09. The van der Waals surface area contributed by atoms with E-state index in [4.69, 9.17) is 28.9 Å². The van der Waals surface area contributed by atoms with Crippen molar-refractivity contribution in [1.82, 2.24) is 9.71 Å². The van der Waals surface area contributed by atoms with Gasteiger partial charge in [-0.15, -0.1) is 0 Å². The molecule has 0 aliphatic heterocycles. The molecule has 0 spiro atoms. The number of nitrogens with two attached hydrogens (primary N) is 1. The summed E-state index contributed by atoms with van der Waals surface area (Å²) in [4.78, 5) is 3.73. The molecule has 0 aliphatic carbocycles. The van der Waals surface area contributed by atoms with Crippen molar-refractivity contribution in [3.05, 3.63) is 52.3 Å². The first kappa shape index (κ1) is 16.0. The number of hydrogen-bond acceptors (Lipinski definition) is 4. The lowest BCUT2D eigenvalue weighted by Gasteiger charge is -2.09. The van der Waals surface area contributed by atoms with Crippen LogP contribution in [0.1, 0.15) is 5.56 Å². The van der Waals surface area contributed by atoms with E-state index in [0.29, 0.717) is 16.5 Å². The highest BCUT2D eigenvalue weighted by molar-refractivity contribution is 7.89. The summed E-state index contributed by atoms with van der Waals surface area (Å²) in [6.45, 7) is 0.192. The Hall–Kier alpha value is -1.34. The van der Waals surface area contributed by atoms with Crippen LogP contribution >= 0.6 is 23.2 Å². The second kappa shape index (κ2) is 6.62. The summed E-state index contributed by atoms with van der Waals surface area (Å²) < 4.78 is 26.7. The first-order valence-corrected chi connectivity index (χ1v) is 8.27. The van der Waals surface area contributed by atoms with Gasteiger partial charge in [-0.3, -0.25) is 4.98 Å². The van der Waals surface area contributed by atoms with Gasteiger partial charge in [-0.1, -0.05) is 29.3 Å². The topological polar surface area (TPSA) is 85.1 Å². The minimum absolute atomic E-state index is 0.0350. The second-order valence-electron chi connectivity index (χ2n) is 4.30. The Bertz CT molecular complexity index is 751. The predicted octanol–water partition coefficient (Wildman–Crippen LogP) is 2.49. The molecule has 0 saturated carbocycles. The third kappa shape index (κ3) is 4.07. The molecule has 0 radical (unpaired) electrons. The lowest BCUT2D eigenvalue weighted by atomic mass is 10.1. The van der Waals surface area contributed by atoms with E-state index in [-0.39, 0.29) is 17.1 Å². The Kier molecular flexibility index (Phi) is 5.05. The number of pyridine rings is 1. The van der Waals surface area contributed by atoms with Gasteiger partial charge >= 0.3 is 0 Å². The zero-order valence-electron chi connectivity index (χ0n) is 10.9. The summed E-state index contributed by atoms with van der Waals surface area (Å²) in [5.74, 6) is 0. The molecule has 8 heteroatoms. The fourth-order valence-electron chi connectivity index (χ4n) is 1.74. The van der Waals surface area contributed by atoms with Crippen molar-refractivity contribution in [3.8, 4) is 0 Å². The molecule has 0 saturated heterocycles. The zero-order valence-corrected chi connectivity index (χ0v) is 13.2. The van der Waals surface area contributed by atoms with Gasteiger partial charge in [0.2, 0.25) is 10.0 Å². The van der Waals surface area contributed by atoms with Crippen LogP contribution in [0.25, 0.3) is 0 Å². The third-order valence-electron chi connectivity index (χ3n) is 2.81. The number of nitrogens with one attached hydrogen (secondary N) is 1. The molecule has 1 aromatic heterocycles. The van der Waals surface area contributed by atoms with Crippen LogP contribution in [0.15, 0.2) is 41.6 Å². The fourth-order valence-corrected chi connectivity index (χ4v) is 3.34. The molecule has 3 N–H and O–H groups in total. The molecule has 2 aromatic rings. The van der Waals surface area contributed by atoms with E-state index in [0.717, 1.165) is 5.56 Å². The summed E-state index contributed by atoms with van der Waals surface area (Å²) >= 11 is 11.8. The van der Waals surface area contributed by atoms with Crippen molar-refractivity contribution >= 4 is 38.9 Å². The number of nitrogens with zero attached hydrogens (tertiary/aromatic N) is 1. The number of rotatable bonds is 5. The van der Waals surface area contributed by atoms with Crippen molar-refractivity contribution in [2.24, 2.45) is 0 Å². The van der Waals surface area contributed by atoms with Crippen molar-refractivity contribution in [3.63, 3.8) is 0 Å². The van der Waals surface area contributed by atoms with Gasteiger partial charge in [0.1, 0.15) is 4.90 Å². The summed E-state index contributed by atoms with van der Waals surface area (Å²) in [7, 11) is -3.69. The Morgan fingerprint density at radius 1 is 1.24 bits per heavy atom. The molecule has 0 fully saturated rings. The lowest BCUT2D eigenvalue weighted by Crippen LogP contribution is -2.27. The molecule has 0 aliphatic rings. The Morgan fingerprint density at radius 2 is 2.00 bits per heavy atom. The van der Waals surface area contributed by atoms with Crippen molar-refractivity contribution in [2.45, 2.75) is 11.3 Å². The van der Waals surface area contributed by atoms with E-state index in [9.17, 15) is 8.42 Å². The van der Waals surface area contributed by atoms with Crippen LogP contribution in [0.4, 0.5) is 5.69 Å². The van der Waals surface area contributed by atoms with Gasteiger partial charge in [-0.25, -0.2) is 13.1 Å². The monoisotopic (exact) mass is 345 g/mol. The number of hydrogen-bond donors (Lipinski definition) is 2. The normalized spacial score (nSPS) is 11.5. The quantitative estimate of drug-likeness (QED) is 0.871. The minimum Gasteiger partial charge on any atom is -0.398 e. The molecule has 5 nitrogen and oxygen atoms in total. The van der Waals surface area contributed by atoms with Crippen LogP contribution in [0.5, 0.6) is 0 Å². The van der Waals surface area contributed by atoms with E-state index >= 15 is 0 Å². The maximum absolute atomic E-state index is 12.1. The van der Waals surface area contributed by atoms with Gasteiger partial charge in [0.05, 0.1) is 5.69 Å².